The number of ether oxygens (including phenoxy) is 1. The molecule has 0 aliphatic carbocycles. The van der Waals surface area contributed by atoms with Crippen LogP contribution in [0.4, 0.5) is 0 Å². The molecule has 1 unspecified atom stereocenters. The van der Waals surface area contributed by atoms with Crippen LogP contribution in [-0.2, 0) is 9.53 Å². The van der Waals surface area contributed by atoms with E-state index in [-0.39, 0.29) is 17.6 Å². The van der Waals surface area contributed by atoms with Gasteiger partial charge in [0.15, 0.2) is 0 Å². The highest BCUT2D eigenvalue weighted by Crippen LogP contribution is 2.11. The molecule has 0 fully saturated rings. The molecule has 1 N–H and O–H groups in total. The van der Waals surface area contributed by atoms with Crippen molar-refractivity contribution in [2.75, 3.05) is 6.61 Å². The van der Waals surface area contributed by atoms with Gasteiger partial charge in [-0.3, -0.25) is 10.1 Å². The van der Waals surface area contributed by atoms with Gasteiger partial charge in [-0.15, -0.1) is 0 Å². The van der Waals surface area contributed by atoms with E-state index in [0.717, 1.165) is 19.3 Å². The molecule has 0 aliphatic heterocycles. The van der Waals surface area contributed by atoms with E-state index in [4.69, 9.17) is 4.74 Å². The summed E-state index contributed by atoms with van der Waals surface area (Å²) in [5, 5.41) is 3.35. The normalized spacial score (nSPS) is 13.7. The van der Waals surface area contributed by atoms with Crippen LogP contribution in [0.3, 0.4) is 0 Å². The van der Waals surface area contributed by atoms with Gasteiger partial charge in [0.05, 0.1) is 6.61 Å². The Morgan fingerprint density at radius 3 is 2.33 bits per heavy atom. The fourth-order valence-corrected chi connectivity index (χ4v) is 1.35. The molecule has 0 heterocycles. The van der Waals surface area contributed by atoms with Gasteiger partial charge in [0, 0.05) is 5.54 Å². The predicted octanol–water partition coefficient (Wildman–Crippen LogP) is 2.50. The quantitative estimate of drug-likeness (QED) is 0.663. The summed E-state index contributed by atoms with van der Waals surface area (Å²) in [4.78, 5) is 11.6. The molecular weight excluding hydrogens is 190 g/mol. The standard InChI is InChI=1S/C12H25NO2/c1-6-9-10(11(14)15-8-3)13-12(4,5)7-2/h10,13H,6-9H2,1-5H3. The molecule has 0 aromatic carbocycles. The van der Waals surface area contributed by atoms with Crippen LogP contribution < -0.4 is 5.32 Å². The third kappa shape index (κ3) is 5.78. The van der Waals surface area contributed by atoms with Crippen LogP contribution in [-0.4, -0.2) is 24.2 Å². The van der Waals surface area contributed by atoms with Crippen LogP contribution in [0, 0.1) is 0 Å². The minimum absolute atomic E-state index is 0.00734. The second kappa shape index (κ2) is 6.83. The number of hydrogen-bond acceptors (Lipinski definition) is 3. The number of hydrogen-bond donors (Lipinski definition) is 1. The molecule has 15 heavy (non-hydrogen) atoms. The summed E-state index contributed by atoms with van der Waals surface area (Å²) < 4.78 is 5.05. The van der Waals surface area contributed by atoms with Crippen molar-refractivity contribution in [2.24, 2.45) is 0 Å². The molecule has 0 rings (SSSR count). The second-order valence-electron chi connectivity index (χ2n) is 4.48. The van der Waals surface area contributed by atoms with Gasteiger partial charge in [-0.25, -0.2) is 0 Å². The Bertz CT molecular complexity index is 190. The molecule has 0 bridgehead atoms. The number of carbonyl (C=O) groups excluding carboxylic acids is 1. The van der Waals surface area contributed by atoms with E-state index in [1.54, 1.807) is 0 Å². The first-order valence-electron chi connectivity index (χ1n) is 5.91. The Morgan fingerprint density at radius 2 is 1.93 bits per heavy atom. The van der Waals surface area contributed by atoms with E-state index in [1.165, 1.54) is 0 Å². The van der Waals surface area contributed by atoms with Gasteiger partial charge >= 0.3 is 5.97 Å². The lowest BCUT2D eigenvalue weighted by molar-refractivity contribution is -0.146. The topological polar surface area (TPSA) is 38.3 Å². The molecule has 3 nitrogen and oxygen atoms in total. The average molecular weight is 215 g/mol. The Labute approximate surface area is 93.6 Å². The summed E-state index contributed by atoms with van der Waals surface area (Å²) in [6.45, 7) is 10.7. The molecule has 0 aromatic heterocycles. The summed E-state index contributed by atoms with van der Waals surface area (Å²) in [6.07, 6.45) is 2.81. The van der Waals surface area contributed by atoms with Gasteiger partial charge < -0.3 is 4.74 Å². The summed E-state index contributed by atoms with van der Waals surface area (Å²) >= 11 is 0. The monoisotopic (exact) mass is 215 g/mol. The van der Waals surface area contributed by atoms with Crippen LogP contribution >= 0.6 is 0 Å². The van der Waals surface area contributed by atoms with E-state index in [9.17, 15) is 4.79 Å². The zero-order valence-corrected chi connectivity index (χ0v) is 10.7. The van der Waals surface area contributed by atoms with Crippen LogP contribution in [0.1, 0.15) is 53.9 Å². The smallest absolute Gasteiger partial charge is 0.323 e. The lowest BCUT2D eigenvalue weighted by Gasteiger charge is -2.29. The molecule has 0 spiro atoms. The van der Waals surface area contributed by atoms with Gasteiger partial charge in [0.25, 0.3) is 0 Å². The molecule has 1 atom stereocenters. The summed E-state index contributed by atoms with van der Waals surface area (Å²) in [6, 6.07) is -0.162. The predicted molar refractivity (Wildman–Crippen MR) is 62.8 cm³/mol. The van der Waals surface area contributed by atoms with E-state index < -0.39 is 0 Å². The minimum atomic E-state index is -0.162. The van der Waals surface area contributed by atoms with E-state index >= 15 is 0 Å². The van der Waals surface area contributed by atoms with Crippen LogP contribution in [0.15, 0.2) is 0 Å². The van der Waals surface area contributed by atoms with Gasteiger partial charge in [0.2, 0.25) is 0 Å². The molecule has 0 saturated heterocycles. The summed E-state index contributed by atoms with van der Waals surface area (Å²) in [5.41, 5.74) is -0.00734. The minimum Gasteiger partial charge on any atom is -0.465 e. The van der Waals surface area contributed by atoms with Crippen molar-refractivity contribution in [1.29, 1.82) is 0 Å². The zero-order valence-electron chi connectivity index (χ0n) is 10.7. The van der Waals surface area contributed by atoms with Gasteiger partial charge in [-0.05, 0) is 33.6 Å². The Hall–Kier alpha value is -0.570. The van der Waals surface area contributed by atoms with Crippen molar-refractivity contribution in [3.63, 3.8) is 0 Å². The lowest BCUT2D eigenvalue weighted by atomic mass is 9.99. The maximum atomic E-state index is 11.6. The third-order valence-corrected chi connectivity index (χ3v) is 2.60. The Morgan fingerprint density at radius 1 is 1.33 bits per heavy atom. The van der Waals surface area contributed by atoms with Crippen molar-refractivity contribution in [1.82, 2.24) is 5.32 Å². The summed E-state index contributed by atoms with van der Waals surface area (Å²) in [7, 11) is 0. The molecule has 3 heteroatoms. The fourth-order valence-electron chi connectivity index (χ4n) is 1.35. The molecule has 0 aromatic rings. The molecular formula is C12H25NO2. The number of rotatable bonds is 7. The number of carbonyl (C=O) groups is 1. The van der Waals surface area contributed by atoms with E-state index in [0.29, 0.717) is 6.61 Å². The molecule has 90 valence electrons. The first-order chi connectivity index (χ1) is 6.96. The van der Waals surface area contributed by atoms with Crippen molar-refractivity contribution < 1.29 is 9.53 Å². The van der Waals surface area contributed by atoms with Gasteiger partial charge in [-0.2, -0.15) is 0 Å². The first-order valence-corrected chi connectivity index (χ1v) is 5.91. The van der Waals surface area contributed by atoms with Crippen molar-refractivity contribution in [3.05, 3.63) is 0 Å². The number of nitrogens with one attached hydrogen (secondary N) is 1. The highest BCUT2D eigenvalue weighted by molar-refractivity contribution is 5.75. The largest absolute Gasteiger partial charge is 0.465 e. The lowest BCUT2D eigenvalue weighted by Crippen LogP contribution is -2.49. The van der Waals surface area contributed by atoms with E-state index in [1.807, 2.05) is 6.92 Å². The Kier molecular flexibility index (Phi) is 6.57. The van der Waals surface area contributed by atoms with Crippen molar-refractivity contribution in [2.45, 2.75) is 65.5 Å². The molecule has 0 saturated carbocycles. The average Bonchev–Trinajstić information content (AvgIpc) is 2.17. The highest BCUT2D eigenvalue weighted by Gasteiger charge is 2.25. The van der Waals surface area contributed by atoms with Crippen LogP contribution in [0.25, 0.3) is 0 Å². The van der Waals surface area contributed by atoms with Gasteiger partial charge in [0.1, 0.15) is 6.04 Å². The molecule has 0 amide bonds. The molecule has 0 aliphatic rings. The fraction of sp³-hybridized carbons (Fsp3) is 0.917. The van der Waals surface area contributed by atoms with E-state index in [2.05, 4.69) is 33.0 Å². The SMILES string of the molecule is CCCC(NC(C)(C)CC)C(=O)OCC. The second-order valence-corrected chi connectivity index (χ2v) is 4.48. The summed E-state index contributed by atoms with van der Waals surface area (Å²) in [5.74, 6) is -0.124. The first kappa shape index (κ1) is 14.4. The zero-order chi connectivity index (χ0) is 11.9. The maximum Gasteiger partial charge on any atom is 0.323 e. The molecule has 0 radical (unpaired) electrons. The van der Waals surface area contributed by atoms with Crippen LogP contribution in [0.5, 0.6) is 0 Å². The van der Waals surface area contributed by atoms with Crippen molar-refractivity contribution in [3.8, 4) is 0 Å². The number of esters is 1. The Balaban J connectivity index is 4.32. The van der Waals surface area contributed by atoms with Crippen LogP contribution in [0.2, 0.25) is 0 Å². The van der Waals surface area contributed by atoms with Crippen molar-refractivity contribution >= 4 is 5.97 Å². The highest BCUT2D eigenvalue weighted by atomic mass is 16.5. The van der Waals surface area contributed by atoms with Gasteiger partial charge in [-0.1, -0.05) is 20.3 Å². The third-order valence-electron chi connectivity index (χ3n) is 2.60. The maximum absolute atomic E-state index is 11.6.